The molecule has 0 saturated heterocycles. The number of ketones is 1. The van der Waals surface area contributed by atoms with Gasteiger partial charge < -0.3 is 0 Å². The van der Waals surface area contributed by atoms with E-state index in [0.29, 0.717) is 5.02 Å². The van der Waals surface area contributed by atoms with Crippen LogP contribution in [0.2, 0.25) is 5.02 Å². The summed E-state index contributed by atoms with van der Waals surface area (Å²) in [5, 5.41) is 4.07. The van der Waals surface area contributed by atoms with Gasteiger partial charge in [0, 0.05) is 11.4 Å². The maximum absolute atomic E-state index is 13.4. The highest BCUT2D eigenvalue weighted by Crippen LogP contribution is 2.17. The molecule has 0 radical (unpaired) electrons. The van der Waals surface area contributed by atoms with E-state index in [4.69, 9.17) is 11.6 Å². The molecule has 0 N–H and O–H groups in total. The van der Waals surface area contributed by atoms with Crippen molar-refractivity contribution in [1.29, 1.82) is 0 Å². The Kier molecular flexibility index (Phi) is 3.36. The summed E-state index contributed by atoms with van der Waals surface area (Å²) in [6.45, 7) is 0. The summed E-state index contributed by atoms with van der Waals surface area (Å²) in [7, 11) is 0. The molecule has 2 aromatic rings. The molecule has 0 amide bonds. The zero-order valence-electron chi connectivity index (χ0n) is 8.24. The molecule has 0 bridgehead atoms. The van der Waals surface area contributed by atoms with Crippen LogP contribution in [-0.2, 0) is 6.42 Å². The second-order valence-corrected chi connectivity index (χ2v) is 4.57. The van der Waals surface area contributed by atoms with Crippen LogP contribution >= 0.6 is 22.9 Å². The Hall–Kier alpha value is -1.19. The molecule has 1 heterocycles. The molecule has 0 aliphatic carbocycles. The summed E-state index contributed by atoms with van der Waals surface area (Å²) < 4.78 is 13.4. The Balaban J connectivity index is 2.21. The lowest BCUT2D eigenvalue weighted by molar-refractivity contribution is 0.0989. The summed E-state index contributed by atoms with van der Waals surface area (Å²) in [4.78, 5) is 11.8. The van der Waals surface area contributed by atoms with Crippen molar-refractivity contribution in [3.8, 4) is 0 Å². The van der Waals surface area contributed by atoms with Crippen molar-refractivity contribution in [2.24, 2.45) is 0 Å². The minimum atomic E-state index is -0.562. The molecular formula is C12H8ClFOS. The van der Waals surface area contributed by atoms with Crippen LogP contribution in [0.5, 0.6) is 0 Å². The van der Waals surface area contributed by atoms with E-state index in [0.717, 1.165) is 11.6 Å². The predicted octanol–water partition coefficient (Wildman–Crippen LogP) is 3.97. The lowest BCUT2D eigenvalue weighted by Gasteiger charge is -2.01. The third-order valence-electron chi connectivity index (χ3n) is 2.18. The van der Waals surface area contributed by atoms with E-state index in [1.165, 1.54) is 23.5 Å². The topological polar surface area (TPSA) is 17.1 Å². The van der Waals surface area contributed by atoms with Crippen LogP contribution in [0.1, 0.15) is 15.9 Å². The van der Waals surface area contributed by atoms with Gasteiger partial charge in [0.05, 0.1) is 5.56 Å². The van der Waals surface area contributed by atoms with Gasteiger partial charge in [-0.25, -0.2) is 4.39 Å². The molecule has 1 nitrogen and oxygen atoms in total. The first-order valence-electron chi connectivity index (χ1n) is 4.66. The first-order chi connectivity index (χ1) is 7.66. The number of hydrogen-bond acceptors (Lipinski definition) is 2. The first-order valence-corrected chi connectivity index (χ1v) is 5.98. The number of hydrogen-bond donors (Lipinski definition) is 0. The van der Waals surface area contributed by atoms with Gasteiger partial charge in [0.15, 0.2) is 5.78 Å². The fourth-order valence-corrected chi connectivity index (χ4v) is 2.22. The summed E-state index contributed by atoms with van der Waals surface area (Å²) in [5.41, 5.74) is 1.000. The van der Waals surface area contributed by atoms with Crippen LogP contribution in [0.4, 0.5) is 4.39 Å². The zero-order valence-corrected chi connectivity index (χ0v) is 9.82. The number of carbonyl (C=O) groups excluding carboxylic acids is 1. The minimum Gasteiger partial charge on any atom is -0.294 e. The summed E-state index contributed by atoms with van der Waals surface area (Å²) in [6.07, 6.45) is 0.224. The van der Waals surface area contributed by atoms with Crippen molar-refractivity contribution in [2.75, 3.05) is 0 Å². The van der Waals surface area contributed by atoms with Crippen molar-refractivity contribution in [2.45, 2.75) is 6.42 Å². The van der Waals surface area contributed by atoms with Crippen molar-refractivity contribution < 1.29 is 9.18 Å². The molecule has 82 valence electrons. The van der Waals surface area contributed by atoms with Crippen molar-refractivity contribution in [1.82, 2.24) is 0 Å². The summed E-state index contributed by atoms with van der Waals surface area (Å²) >= 11 is 7.13. The molecular weight excluding hydrogens is 247 g/mol. The van der Waals surface area contributed by atoms with Crippen LogP contribution in [0.3, 0.4) is 0 Å². The van der Waals surface area contributed by atoms with E-state index in [1.807, 2.05) is 16.8 Å². The quantitative estimate of drug-likeness (QED) is 0.758. The average molecular weight is 255 g/mol. The lowest BCUT2D eigenvalue weighted by Crippen LogP contribution is -2.05. The normalized spacial score (nSPS) is 10.4. The van der Waals surface area contributed by atoms with Crippen molar-refractivity contribution >= 4 is 28.7 Å². The molecule has 16 heavy (non-hydrogen) atoms. The van der Waals surface area contributed by atoms with E-state index < -0.39 is 5.82 Å². The minimum absolute atomic E-state index is 0.0931. The van der Waals surface area contributed by atoms with E-state index in [1.54, 1.807) is 0 Å². The molecule has 1 aromatic heterocycles. The van der Waals surface area contributed by atoms with Crippen molar-refractivity contribution in [3.05, 3.63) is 57.0 Å². The van der Waals surface area contributed by atoms with Crippen LogP contribution < -0.4 is 0 Å². The molecule has 0 aliphatic rings. The highest BCUT2D eigenvalue weighted by Gasteiger charge is 2.12. The number of benzene rings is 1. The standard InChI is InChI=1S/C12H8ClFOS/c13-9-1-2-10(11(14)6-9)12(15)5-8-3-4-16-7-8/h1-4,6-7H,5H2. The van der Waals surface area contributed by atoms with Gasteiger partial charge in [0.1, 0.15) is 5.82 Å². The fourth-order valence-electron chi connectivity index (χ4n) is 1.39. The van der Waals surface area contributed by atoms with Crippen LogP contribution in [-0.4, -0.2) is 5.78 Å². The van der Waals surface area contributed by atoms with Gasteiger partial charge in [-0.05, 0) is 40.6 Å². The SMILES string of the molecule is O=C(Cc1ccsc1)c1ccc(Cl)cc1F. The molecule has 0 fully saturated rings. The Labute approximate surface area is 101 Å². The largest absolute Gasteiger partial charge is 0.294 e. The van der Waals surface area contributed by atoms with Gasteiger partial charge in [-0.1, -0.05) is 11.6 Å². The molecule has 0 atom stereocenters. The Morgan fingerprint density at radius 2 is 2.19 bits per heavy atom. The second-order valence-electron chi connectivity index (χ2n) is 3.36. The van der Waals surface area contributed by atoms with Gasteiger partial charge >= 0.3 is 0 Å². The molecule has 0 aliphatic heterocycles. The van der Waals surface area contributed by atoms with E-state index in [2.05, 4.69) is 0 Å². The molecule has 0 unspecified atom stereocenters. The summed E-state index contributed by atoms with van der Waals surface area (Å²) in [5.74, 6) is -0.791. The fraction of sp³-hybridized carbons (Fsp3) is 0.0833. The highest BCUT2D eigenvalue weighted by atomic mass is 35.5. The van der Waals surface area contributed by atoms with E-state index in [-0.39, 0.29) is 17.8 Å². The molecule has 0 saturated carbocycles. The monoisotopic (exact) mass is 254 g/mol. The number of carbonyl (C=O) groups is 1. The van der Waals surface area contributed by atoms with Crippen molar-refractivity contribution in [3.63, 3.8) is 0 Å². The van der Waals surface area contributed by atoms with Crippen LogP contribution in [0.25, 0.3) is 0 Å². The van der Waals surface area contributed by atoms with E-state index >= 15 is 0 Å². The Morgan fingerprint density at radius 3 is 2.81 bits per heavy atom. The highest BCUT2D eigenvalue weighted by molar-refractivity contribution is 7.08. The lowest BCUT2D eigenvalue weighted by atomic mass is 10.0. The third kappa shape index (κ3) is 2.49. The zero-order chi connectivity index (χ0) is 11.5. The van der Waals surface area contributed by atoms with Gasteiger partial charge in [-0.15, -0.1) is 0 Å². The van der Waals surface area contributed by atoms with Crippen LogP contribution in [0.15, 0.2) is 35.0 Å². The molecule has 4 heteroatoms. The third-order valence-corrected chi connectivity index (χ3v) is 3.14. The Bertz CT molecular complexity index is 508. The first kappa shape index (κ1) is 11.3. The average Bonchev–Trinajstić information content (AvgIpc) is 2.70. The van der Waals surface area contributed by atoms with Gasteiger partial charge in [0.2, 0.25) is 0 Å². The molecule has 2 rings (SSSR count). The Morgan fingerprint density at radius 1 is 1.38 bits per heavy atom. The maximum atomic E-state index is 13.4. The van der Waals surface area contributed by atoms with Crippen LogP contribution in [0, 0.1) is 5.82 Å². The molecule has 1 aromatic carbocycles. The molecule has 0 spiro atoms. The van der Waals surface area contributed by atoms with Gasteiger partial charge in [-0.2, -0.15) is 11.3 Å². The number of thiophene rings is 1. The van der Waals surface area contributed by atoms with E-state index in [9.17, 15) is 9.18 Å². The predicted molar refractivity (Wildman–Crippen MR) is 63.8 cm³/mol. The number of Topliss-reactive ketones (excluding diaryl/α,β-unsaturated/α-hetero) is 1. The number of rotatable bonds is 3. The smallest absolute Gasteiger partial charge is 0.170 e. The van der Waals surface area contributed by atoms with Gasteiger partial charge in [0.25, 0.3) is 0 Å². The number of halogens is 2. The summed E-state index contributed by atoms with van der Waals surface area (Å²) in [6, 6.07) is 5.96. The van der Waals surface area contributed by atoms with Gasteiger partial charge in [-0.3, -0.25) is 4.79 Å². The second kappa shape index (κ2) is 4.76. The maximum Gasteiger partial charge on any atom is 0.170 e.